The van der Waals surface area contributed by atoms with E-state index in [0.29, 0.717) is 37.3 Å². The van der Waals surface area contributed by atoms with Gasteiger partial charge in [-0.05, 0) is 57.0 Å². The van der Waals surface area contributed by atoms with Crippen molar-refractivity contribution < 1.29 is 23.1 Å². The smallest absolute Gasteiger partial charge is 0.390 e. The topological polar surface area (TPSA) is 91.5 Å². The normalized spacial score (nSPS) is 12.3. The van der Waals surface area contributed by atoms with Crippen LogP contribution < -0.4 is 10.6 Å². The highest BCUT2D eigenvalue weighted by molar-refractivity contribution is 6.03. The highest BCUT2D eigenvalue weighted by Crippen LogP contribution is 2.27. The molecule has 3 aromatic heterocycles. The molecule has 0 fully saturated rings. The number of rotatable bonds is 8. The van der Waals surface area contributed by atoms with E-state index >= 15 is 0 Å². The van der Waals surface area contributed by atoms with Crippen LogP contribution in [0.15, 0.2) is 36.7 Å². The number of hydrogen-bond acceptors (Lipinski definition) is 5. The van der Waals surface area contributed by atoms with Gasteiger partial charge in [0, 0.05) is 18.9 Å². The number of nitrogens with one attached hydrogen (secondary N) is 2. The van der Waals surface area contributed by atoms with Gasteiger partial charge in [-0.3, -0.25) is 4.79 Å². The van der Waals surface area contributed by atoms with E-state index in [1.807, 2.05) is 13.0 Å². The van der Waals surface area contributed by atoms with Crippen LogP contribution in [-0.2, 0) is 19.1 Å². The Hall–Kier alpha value is -2.98. The van der Waals surface area contributed by atoms with Crippen molar-refractivity contribution in [1.29, 1.82) is 0 Å². The Balaban J connectivity index is 1.90. The zero-order chi connectivity index (χ0) is 23.5. The molecule has 7 nitrogen and oxygen atoms in total. The molecule has 32 heavy (non-hydrogen) atoms. The van der Waals surface area contributed by atoms with E-state index in [2.05, 4.69) is 20.6 Å². The number of aromatic nitrogens is 3. The fourth-order valence-electron chi connectivity index (χ4n) is 3.10. The lowest BCUT2D eigenvalue weighted by atomic mass is 10.0. The lowest BCUT2D eigenvalue weighted by Crippen LogP contribution is -2.20. The standard InChI is InChI=1S/C22H26F3N5O2/c1-4-26-11-14-10-19-27-15(8-9-21(2,3)32)12-30(19)13-17(14)29-20(31)16-6-5-7-18(28-16)22(23,24)25/h5-7,10,12-13,26,32H,4,8-9,11H2,1-3H3,(H,29,31). The fourth-order valence-corrected chi connectivity index (χ4v) is 3.10. The predicted octanol–water partition coefficient (Wildman–Crippen LogP) is 3.81. The van der Waals surface area contributed by atoms with Gasteiger partial charge < -0.3 is 20.1 Å². The zero-order valence-electron chi connectivity index (χ0n) is 18.1. The number of imidazole rings is 1. The lowest BCUT2D eigenvalue weighted by Gasteiger charge is -2.15. The monoisotopic (exact) mass is 449 g/mol. The zero-order valence-corrected chi connectivity index (χ0v) is 18.1. The Morgan fingerprint density at radius 1 is 1.19 bits per heavy atom. The highest BCUT2D eigenvalue weighted by Gasteiger charge is 2.33. The van der Waals surface area contributed by atoms with Crippen molar-refractivity contribution >= 4 is 17.2 Å². The van der Waals surface area contributed by atoms with E-state index in [0.717, 1.165) is 23.4 Å². The van der Waals surface area contributed by atoms with E-state index in [1.54, 1.807) is 30.6 Å². The van der Waals surface area contributed by atoms with Crippen LogP contribution in [0.5, 0.6) is 0 Å². The van der Waals surface area contributed by atoms with Gasteiger partial charge in [0.1, 0.15) is 17.0 Å². The van der Waals surface area contributed by atoms with Gasteiger partial charge in [0.2, 0.25) is 0 Å². The minimum absolute atomic E-state index is 0.328. The third-order valence-corrected chi connectivity index (χ3v) is 4.81. The molecule has 0 bridgehead atoms. The summed E-state index contributed by atoms with van der Waals surface area (Å²) in [6.07, 6.45) is -0.0539. The number of alkyl halides is 3. The van der Waals surface area contributed by atoms with Crippen molar-refractivity contribution in [3.8, 4) is 0 Å². The average Bonchev–Trinajstić information content (AvgIpc) is 3.11. The Morgan fingerprint density at radius 3 is 2.59 bits per heavy atom. The van der Waals surface area contributed by atoms with Crippen LogP contribution in [0.3, 0.4) is 0 Å². The molecule has 0 spiro atoms. The highest BCUT2D eigenvalue weighted by atomic mass is 19.4. The van der Waals surface area contributed by atoms with Gasteiger partial charge in [-0.2, -0.15) is 13.2 Å². The molecule has 0 aliphatic rings. The Bertz CT molecular complexity index is 1100. The molecule has 10 heteroatoms. The molecule has 3 heterocycles. The number of pyridine rings is 2. The number of aryl methyl sites for hydroxylation is 1. The number of hydrogen-bond donors (Lipinski definition) is 3. The second kappa shape index (κ2) is 9.25. The van der Waals surface area contributed by atoms with Gasteiger partial charge in [0.15, 0.2) is 0 Å². The van der Waals surface area contributed by atoms with Crippen molar-refractivity contribution in [2.45, 2.75) is 51.9 Å². The van der Waals surface area contributed by atoms with Crippen molar-refractivity contribution in [2.24, 2.45) is 0 Å². The van der Waals surface area contributed by atoms with Crippen LogP contribution in [0.25, 0.3) is 5.65 Å². The maximum absolute atomic E-state index is 12.9. The third-order valence-electron chi connectivity index (χ3n) is 4.81. The lowest BCUT2D eigenvalue weighted by molar-refractivity contribution is -0.141. The number of halogens is 3. The summed E-state index contributed by atoms with van der Waals surface area (Å²) in [4.78, 5) is 20.7. The number of carbonyl (C=O) groups is 1. The summed E-state index contributed by atoms with van der Waals surface area (Å²) in [6.45, 7) is 6.52. The third kappa shape index (κ3) is 6.04. The number of nitrogens with zero attached hydrogens (tertiary/aromatic N) is 3. The first kappa shape index (κ1) is 23.7. The molecule has 0 aromatic carbocycles. The molecule has 1 amide bonds. The number of fused-ring (bicyclic) bond motifs is 1. The fraction of sp³-hybridized carbons (Fsp3) is 0.409. The van der Waals surface area contributed by atoms with E-state index in [1.165, 1.54) is 6.07 Å². The van der Waals surface area contributed by atoms with Crippen LogP contribution in [0, 0.1) is 0 Å². The summed E-state index contributed by atoms with van der Waals surface area (Å²) in [6, 6.07) is 5.02. The molecule has 0 unspecified atom stereocenters. The van der Waals surface area contributed by atoms with Gasteiger partial charge in [-0.1, -0.05) is 13.0 Å². The molecular weight excluding hydrogens is 423 g/mol. The summed E-state index contributed by atoms with van der Waals surface area (Å²) < 4.78 is 40.6. The molecule has 3 N–H and O–H groups in total. The van der Waals surface area contributed by atoms with Crippen LogP contribution in [-0.4, -0.2) is 37.5 Å². The molecule has 3 rings (SSSR count). The molecule has 0 saturated heterocycles. The Morgan fingerprint density at radius 2 is 1.94 bits per heavy atom. The van der Waals surface area contributed by atoms with E-state index in [-0.39, 0.29) is 5.69 Å². The molecule has 3 aromatic rings. The number of carbonyl (C=O) groups excluding carboxylic acids is 1. The first-order valence-electron chi connectivity index (χ1n) is 10.3. The largest absolute Gasteiger partial charge is 0.433 e. The molecule has 172 valence electrons. The van der Waals surface area contributed by atoms with Gasteiger partial charge in [-0.25, -0.2) is 9.97 Å². The summed E-state index contributed by atoms with van der Waals surface area (Å²) in [7, 11) is 0. The average molecular weight is 449 g/mol. The Labute approximate surface area is 183 Å². The molecule has 0 radical (unpaired) electrons. The van der Waals surface area contributed by atoms with Gasteiger partial charge >= 0.3 is 6.18 Å². The minimum atomic E-state index is -4.64. The van der Waals surface area contributed by atoms with E-state index in [4.69, 9.17) is 0 Å². The first-order valence-corrected chi connectivity index (χ1v) is 10.3. The van der Waals surface area contributed by atoms with Gasteiger partial charge in [-0.15, -0.1) is 0 Å². The summed E-state index contributed by atoms with van der Waals surface area (Å²) in [5.41, 5.74) is 0.352. The molecule has 0 aliphatic heterocycles. The second-order valence-corrected chi connectivity index (χ2v) is 8.16. The van der Waals surface area contributed by atoms with Crippen molar-refractivity contribution in [1.82, 2.24) is 19.7 Å². The molecular formula is C22H26F3N5O2. The quantitative estimate of drug-likeness (QED) is 0.487. The summed E-state index contributed by atoms with van der Waals surface area (Å²) in [5, 5.41) is 15.8. The molecule has 0 aliphatic carbocycles. The maximum atomic E-state index is 12.9. The van der Waals surface area contributed by atoms with Crippen LogP contribution in [0.4, 0.5) is 18.9 Å². The van der Waals surface area contributed by atoms with Gasteiger partial charge in [0.25, 0.3) is 5.91 Å². The van der Waals surface area contributed by atoms with Crippen molar-refractivity contribution in [2.75, 3.05) is 11.9 Å². The van der Waals surface area contributed by atoms with E-state index in [9.17, 15) is 23.1 Å². The Kier molecular flexibility index (Phi) is 6.85. The van der Waals surface area contributed by atoms with Crippen LogP contribution >= 0.6 is 0 Å². The number of amides is 1. The maximum Gasteiger partial charge on any atom is 0.433 e. The van der Waals surface area contributed by atoms with E-state index < -0.39 is 23.4 Å². The number of anilines is 1. The number of aliphatic hydroxyl groups is 1. The van der Waals surface area contributed by atoms with Crippen LogP contribution in [0.1, 0.15) is 54.6 Å². The summed E-state index contributed by atoms with van der Waals surface area (Å²) >= 11 is 0. The van der Waals surface area contributed by atoms with Crippen LogP contribution in [0.2, 0.25) is 0 Å². The summed E-state index contributed by atoms with van der Waals surface area (Å²) in [5.74, 6) is -0.740. The SMILES string of the molecule is CCNCc1cc2nc(CCC(C)(C)O)cn2cc1NC(=O)c1cccc(C(F)(F)F)n1. The molecule has 0 saturated carbocycles. The van der Waals surface area contributed by atoms with Crippen molar-refractivity contribution in [3.05, 3.63) is 59.3 Å². The first-order chi connectivity index (χ1) is 15.0. The predicted molar refractivity (Wildman–Crippen MR) is 114 cm³/mol. The molecule has 0 atom stereocenters. The minimum Gasteiger partial charge on any atom is -0.390 e. The second-order valence-electron chi connectivity index (χ2n) is 8.16. The van der Waals surface area contributed by atoms with Gasteiger partial charge in [0.05, 0.1) is 17.0 Å². The van der Waals surface area contributed by atoms with Crippen molar-refractivity contribution in [3.63, 3.8) is 0 Å².